The van der Waals surface area contributed by atoms with Crippen LogP contribution in [-0.2, 0) is 0 Å². The van der Waals surface area contributed by atoms with Crippen molar-refractivity contribution in [2.75, 3.05) is 27.7 Å². The summed E-state index contributed by atoms with van der Waals surface area (Å²) in [6.07, 6.45) is 3.55. The Morgan fingerprint density at radius 2 is 2.00 bits per heavy atom. The molecule has 0 aliphatic heterocycles. The average molecular weight is 360 g/mol. The Morgan fingerprint density at radius 3 is 2.45 bits per heavy atom. The molecule has 0 saturated heterocycles. The van der Waals surface area contributed by atoms with Crippen LogP contribution in [0.2, 0.25) is 5.02 Å². The molecule has 1 aromatic carbocycles. The van der Waals surface area contributed by atoms with Gasteiger partial charge in [-0.1, -0.05) is 11.6 Å². The summed E-state index contributed by atoms with van der Waals surface area (Å²) in [5.41, 5.74) is 0.811. The zero-order valence-corrected chi connectivity index (χ0v) is 14.5. The smallest absolute Gasteiger partial charge is 0.253 e. The molecule has 5 heteroatoms. The van der Waals surface area contributed by atoms with Gasteiger partial charge in [0.25, 0.3) is 5.91 Å². The Bertz CT molecular complexity index is 515. The second kappa shape index (κ2) is 6.04. The monoisotopic (exact) mass is 358 g/mol. The molecule has 0 atom stereocenters. The molecular formula is C15H20BrClN2O. The van der Waals surface area contributed by atoms with Crippen LogP contribution >= 0.6 is 27.5 Å². The lowest BCUT2D eigenvalue weighted by atomic mass is 9.75. The van der Waals surface area contributed by atoms with Gasteiger partial charge in [-0.05, 0) is 67.5 Å². The summed E-state index contributed by atoms with van der Waals surface area (Å²) in [7, 11) is 6.06. The Balaban J connectivity index is 2.10. The van der Waals surface area contributed by atoms with Crippen molar-refractivity contribution in [3.8, 4) is 0 Å². The van der Waals surface area contributed by atoms with E-state index in [0.29, 0.717) is 10.6 Å². The summed E-state index contributed by atoms with van der Waals surface area (Å²) in [4.78, 5) is 16.6. The van der Waals surface area contributed by atoms with Crippen molar-refractivity contribution in [3.05, 3.63) is 33.3 Å². The number of hydrogen-bond donors (Lipinski definition) is 0. The van der Waals surface area contributed by atoms with Gasteiger partial charge in [0.05, 0.1) is 5.02 Å². The highest BCUT2D eigenvalue weighted by molar-refractivity contribution is 9.10. The van der Waals surface area contributed by atoms with Crippen LogP contribution in [-0.4, -0.2) is 48.9 Å². The maximum absolute atomic E-state index is 12.5. The lowest BCUT2D eigenvalue weighted by Gasteiger charge is -2.49. The highest BCUT2D eigenvalue weighted by atomic mass is 79.9. The lowest BCUT2D eigenvalue weighted by Crippen LogP contribution is -2.57. The third-order valence-corrected chi connectivity index (χ3v) is 5.49. The number of amides is 1. The van der Waals surface area contributed by atoms with Crippen molar-refractivity contribution in [1.29, 1.82) is 0 Å². The average Bonchev–Trinajstić information content (AvgIpc) is 2.35. The third kappa shape index (κ3) is 3.02. The predicted octanol–water partition coefficient (Wildman–Crippen LogP) is 3.66. The highest BCUT2D eigenvalue weighted by Gasteiger charge is 2.40. The minimum absolute atomic E-state index is 0.0375. The first-order valence-corrected chi connectivity index (χ1v) is 7.91. The Kier molecular flexibility index (Phi) is 4.77. The molecule has 0 spiro atoms. The Hall–Kier alpha value is -0.580. The maximum atomic E-state index is 12.5. The summed E-state index contributed by atoms with van der Waals surface area (Å²) in [6.45, 7) is 0.763. The van der Waals surface area contributed by atoms with Crippen LogP contribution in [0.25, 0.3) is 0 Å². The van der Waals surface area contributed by atoms with Gasteiger partial charge >= 0.3 is 0 Å². The first-order chi connectivity index (χ1) is 9.35. The molecule has 1 aliphatic carbocycles. The SMILES string of the molecule is CN(CC1(N(C)C)CCC1)C(=O)c1ccc(Cl)c(Br)c1. The van der Waals surface area contributed by atoms with Crippen LogP contribution in [0.3, 0.4) is 0 Å². The third-order valence-electron chi connectivity index (χ3n) is 4.28. The van der Waals surface area contributed by atoms with Crippen LogP contribution in [0.5, 0.6) is 0 Å². The molecule has 2 rings (SSSR count). The maximum Gasteiger partial charge on any atom is 0.253 e. The molecule has 3 nitrogen and oxygen atoms in total. The molecule has 0 unspecified atom stereocenters. The summed E-state index contributed by atoms with van der Waals surface area (Å²) >= 11 is 9.33. The molecule has 1 aromatic rings. The minimum atomic E-state index is 0.0375. The van der Waals surface area contributed by atoms with E-state index in [9.17, 15) is 4.79 Å². The fourth-order valence-corrected chi connectivity index (χ4v) is 3.19. The van der Waals surface area contributed by atoms with Crippen molar-refractivity contribution in [2.24, 2.45) is 0 Å². The summed E-state index contributed by atoms with van der Waals surface area (Å²) < 4.78 is 0.754. The van der Waals surface area contributed by atoms with E-state index >= 15 is 0 Å². The van der Waals surface area contributed by atoms with Crippen LogP contribution in [0.1, 0.15) is 29.6 Å². The number of carbonyl (C=O) groups is 1. The van der Waals surface area contributed by atoms with Gasteiger partial charge in [0.1, 0.15) is 0 Å². The van der Waals surface area contributed by atoms with Crippen molar-refractivity contribution in [1.82, 2.24) is 9.80 Å². The second-order valence-corrected chi connectivity index (χ2v) is 7.02. The minimum Gasteiger partial charge on any atom is -0.340 e. The van der Waals surface area contributed by atoms with Gasteiger partial charge in [0, 0.05) is 29.2 Å². The fourth-order valence-electron chi connectivity index (χ4n) is 2.69. The van der Waals surface area contributed by atoms with Gasteiger partial charge in [-0.2, -0.15) is 0 Å². The predicted molar refractivity (Wildman–Crippen MR) is 86.4 cm³/mol. The van der Waals surface area contributed by atoms with Crippen molar-refractivity contribution in [3.63, 3.8) is 0 Å². The van der Waals surface area contributed by atoms with E-state index in [-0.39, 0.29) is 11.4 Å². The van der Waals surface area contributed by atoms with E-state index in [4.69, 9.17) is 11.6 Å². The molecule has 0 radical (unpaired) electrons. The number of halogens is 2. The molecule has 1 saturated carbocycles. The van der Waals surface area contributed by atoms with Crippen molar-refractivity contribution in [2.45, 2.75) is 24.8 Å². The Labute approximate surface area is 134 Å². The van der Waals surface area contributed by atoms with Gasteiger partial charge in [0.2, 0.25) is 0 Å². The van der Waals surface area contributed by atoms with E-state index in [0.717, 1.165) is 23.9 Å². The zero-order valence-electron chi connectivity index (χ0n) is 12.1. The van der Waals surface area contributed by atoms with Crippen LogP contribution in [0.15, 0.2) is 22.7 Å². The van der Waals surface area contributed by atoms with Gasteiger partial charge in [-0.15, -0.1) is 0 Å². The molecule has 110 valence electrons. The summed E-state index contributed by atoms with van der Waals surface area (Å²) in [5.74, 6) is 0.0375. The quantitative estimate of drug-likeness (QED) is 0.819. The van der Waals surface area contributed by atoms with E-state index < -0.39 is 0 Å². The number of carbonyl (C=O) groups excluding carboxylic acids is 1. The fraction of sp³-hybridized carbons (Fsp3) is 0.533. The molecule has 1 amide bonds. The highest BCUT2D eigenvalue weighted by Crippen LogP contribution is 2.37. The number of nitrogens with zero attached hydrogens (tertiary/aromatic N) is 2. The van der Waals surface area contributed by atoms with Crippen LogP contribution in [0.4, 0.5) is 0 Å². The van der Waals surface area contributed by atoms with Crippen LogP contribution < -0.4 is 0 Å². The van der Waals surface area contributed by atoms with Crippen molar-refractivity contribution < 1.29 is 4.79 Å². The summed E-state index contributed by atoms with van der Waals surface area (Å²) in [6, 6.07) is 5.30. The molecule has 0 bridgehead atoms. The standard InChI is InChI=1S/C15H20BrClN2O/c1-18(2)15(7-4-8-15)10-19(3)14(20)11-5-6-13(17)12(16)9-11/h5-6,9H,4,7-8,10H2,1-3H3. The topological polar surface area (TPSA) is 23.6 Å². The van der Waals surface area contributed by atoms with Gasteiger partial charge in [0.15, 0.2) is 0 Å². The molecule has 1 aliphatic rings. The molecular weight excluding hydrogens is 340 g/mol. The number of likely N-dealkylation sites (N-methyl/N-ethyl adjacent to an activating group) is 2. The number of hydrogen-bond acceptors (Lipinski definition) is 2. The zero-order chi connectivity index (χ0) is 14.9. The normalized spacial score (nSPS) is 16.9. The van der Waals surface area contributed by atoms with Gasteiger partial charge in [-0.25, -0.2) is 0 Å². The first kappa shape index (κ1) is 15.8. The molecule has 0 heterocycles. The molecule has 0 aromatic heterocycles. The number of benzene rings is 1. The summed E-state index contributed by atoms with van der Waals surface area (Å²) in [5, 5.41) is 0.618. The largest absolute Gasteiger partial charge is 0.340 e. The van der Waals surface area contributed by atoms with Crippen molar-refractivity contribution >= 4 is 33.4 Å². The van der Waals surface area contributed by atoms with Crippen LogP contribution in [0, 0.1) is 0 Å². The molecule has 20 heavy (non-hydrogen) atoms. The molecule has 1 fully saturated rings. The van der Waals surface area contributed by atoms with Gasteiger partial charge in [-0.3, -0.25) is 4.79 Å². The van der Waals surface area contributed by atoms with E-state index in [2.05, 4.69) is 34.9 Å². The van der Waals surface area contributed by atoms with E-state index in [1.54, 1.807) is 18.2 Å². The molecule has 0 N–H and O–H groups in total. The van der Waals surface area contributed by atoms with E-state index in [1.807, 2.05) is 11.9 Å². The first-order valence-electron chi connectivity index (χ1n) is 6.74. The second-order valence-electron chi connectivity index (χ2n) is 5.76. The van der Waals surface area contributed by atoms with Gasteiger partial charge < -0.3 is 9.80 Å². The van der Waals surface area contributed by atoms with E-state index in [1.165, 1.54) is 6.42 Å². The lowest BCUT2D eigenvalue weighted by molar-refractivity contribution is 0.0252. The number of rotatable bonds is 4. The Morgan fingerprint density at radius 1 is 1.35 bits per heavy atom.